The molecule has 0 spiro atoms. The van der Waals surface area contributed by atoms with Crippen LogP contribution in [-0.2, 0) is 6.18 Å². The Labute approximate surface area is 89.5 Å². The van der Waals surface area contributed by atoms with Gasteiger partial charge in [-0.3, -0.25) is 0 Å². The van der Waals surface area contributed by atoms with Crippen LogP contribution in [0.1, 0.15) is 43.3 Å². The molecule has 1 aliphatic carbocycles. The third kappa shape index (κ3) is 2.18. The van der Waals surface area contributed by atoms with Crippen molar-refractivity contribution in [2.45, 2.75) is 43.9 Å². The molecule has 1 N–H and O–H groups in total. The lowest BCUT2D eigenvalue weighted by molar-refractivity contribution is -0.146. The van der Waals surface area contributed by atoms with Crippen LogP contribution in [0, 0.1) is 0 Å². The molecule has 1 aromatic rings. The zero-order valence-corrected chi connectivity index (χ0v) is 8.37. The van der Waals surface area contributed by atoms with E-state index < -0.39 is 24.0 Å². The van der Waals surface area contributed by atoms with Crippen LogP contribution in [0.3, 0.4) is 0 Å². The first-order chi connectivity index (χ1) is 7.48. The van der Waals surface area contributed by atoms with Crippen LogP contribution in [0.4, 0.5) is 13.2 Å². The molecule has 4 nitrogen and oxygen atoms in total. The highest BCUT2D eigenvalue weighted by Crippen LogP contribution is 2.34. The lowest BCUT2D eigenvalue weighted by Crippen LogP contribution is -2.23. The number of aliphatic hydroxyl groups is 1. The summed E-state index contributed by atoms with van der Waals surface area (Å²) in [6.07, 6.45) is -2.41. The molecule has 0 radical (unpaired) electrons. The second-order valence-electron chi connectivity index (χ2n) is 3.91. The Bertz CT molecular complexity index is 364. The summed E-state index contributed by atoms with van der Waals surface area (Å²) < 4.78 is 41.2. The second-order valence-corrected chi connectivity index (χ2v) is 3.91. The molecule has 1 fully saturated rings. The Morgan fingerprint density at radius 2 is 1.94 bits per heavy atom. The highest BCUT2D eigenvalue weighted by atomic mass is 19.4. The number of hydrogen-bond acceptors (Lipinski definition) is 4. The average molecular weight is 236 g/mol. The Balaban J connectivity index is 2.18. The van der Waals surface area contributed by atoms with E-state index in [1.807, 2.05) is 0 Å². The van der Waals surface area contributed by atoms with Crippen LogP contribution in [0.5, 0.6) is 0 Å². The van der Waals surface area contributed by atoms with Gasteiger partial charge in [0.15, 0.2) is 0 Å². The fourth-order valence-corrected chi connectivity index (χ4v) is 1.90. The van der Waals surface area contributed by atoms with E-state index in [1.165, 1.54) is 0 Å². The molecule has 1 saturated carbocycles. The van der Waals surface area contributed by atoms with E-state index in [-0.39, 0.29) is 5.89 Å². The van der Waals surface area contributed by atoms with Crippen molar-refractivity contribution in [3.63, 3.8) is 0 Å². The van der Waals surface area contributed by atoms with Crippen molar-refractivity contribution in [3.05, 3.63) is 11.7 Å². The van der Waals surface area contributed by atoms with Crippen molar-refractivity contribution in [1.29, 1.82) is 0 Å². The van der Waals surface area contributed by atoms with E-state index in [0.29, 0.717) is 12.8 Å². The number of aliphatic hydroxyl groups excluding tert-OH is 1. The Morgan fingerprint density at radius 1 is 1.25 bits per heavy atom. The average Bonchev–Trinajstić information content (AvgIpc) is 2.66. The Kier molecular flexibility index (Phi) is 2.88. The minimum Gasteiger partial charge on any atom is -0.392 e. The summed E-state index contributed by atoms with van der Waals surface area (Å²) in [5, 5.41) is 12.5. The maximum atomic E-state index is 12.2. The molecule has 2 unspecified atom stereocenters. The zero-order valence-electron chi connectivity index (χ0n) is 8.37. The second kappa shape index (κ2) is 4.04. The Hall–Kier alpha value is -1.11. The predicted octanol–water partition coefficient (Wildman–Crippen LogP) is 2.11. The predicted molar refractivity (Wildman–Crippen MR) is 46.5 cm³/mol. The fraction of sp³-hybridized carbons (Fsp3) is 0.778. The third-order valence-corrected chi connectivity index (χ3v) is 2.74. The standard InChI is InChI=1S/C9H11F3N2O2/c10-9(11,12)8-13-7(16-14-8)5-3-1-2-4-6(5)15/h5-6,15H,1-4H2. The normalized spacial score (nSPS) is 27.0. The van der Waals surface area contributed by atoms with Gasteiger partial charge in [0, 0.05) is 0 Å². The van der Waals surface area contributed by atoms with Crippen LogP contribution in [0.2, 0.25) is 0 Å². The molecule has 1 aromatic heterocycles. The fourth-order valence-electron chi connectivity index (χ4n) is 1.90. The Morgan fingerprint density at radius 3 is 2.50 bits per heavy atom. The van der Waals surface area contributed by atoms with E-state index in [1.54, 1.807) is 0 Å². The molecule has 1 heterocycles. The van der Waals surface area contributed by atoms with Crippen LogP contribution >= 0.6 is 0 Å². The van der Waals surface area contributed by atoms with E-state index in [4.69, 9.17) is 0 Å². The summed E-state index contributed by atoms with van der Waals surface area (Å²) in [5.74, 6) is -1.85. The molecule has 0 aromatic carbocycles. The van der Waals surface area contributed by atoms with Gasteiger partial charge < -0.3 is 9.63 Å². The van der Waals surface area contributed by atoms with E-state index in [2.05, 4.69) is 14.7 Å². The number of alkyl halides is 3. The van der Waals surface area contributed by atoms with Crippen LogP contribution in [0.25, 0.3) is 0 Å². The highest BCUT2D eigenvalue weighted by molar-refractivity contribution is 5.00. The lowest BCUT2D eigenvalue weighted by Gasteiger charge is -2.24. The molecule has 90 valence electrons. The third-order valence-electron chi connectivity index (χ3n) is 2.74. The van der Waals surface area contributed by atoms with Crippen molar-refractivity contribution in [3.8, 4) is 0 Å². The first-order valence-corrected chi connectivity index (χ1v) is 5.07. The molecule has 2 rings (SSSR count). The molecule has 0 saturated heterocycles. The van der Waals surface area contributed by atoms with Gasteiger partial charge in [-0.15, -0.1) is 0 Å². The van der Waals surface area contributed by atoms with Crippen molar-refractivity contribution in [2.75, 3.05) is 0 Å². The number of aromatic nitrogens is 2. The molecule has 2 atom stereocenters. The van der Waals surface area contributed by atoms with Crippen molar-refractivity contribution < 1.29 is 22.8 Å². The molecule has 1 aliphatic rings. The molecule has 0 aliphatic heterocycles. The number of nitrogens with zero attached hydrogens (tertiary/aromatic N) is 2. The van der Waals surface area contributed by atoms with Crippen molar-refractivity contribution in [2.24, 2.45) is 0 Å². The SMILES string of the molecule is OC1CCCCC1c1nc(C(F)(F)F)no1. The molecule has 0 amide bonds. The van der Waals surface area contributed by atoms with Gasteiger partial charge in [0.05, 0.1) is 12.0 Å². The van der Waals surface area contributed by atoms with E-state index in [0.717, 1.165) is 12.8 Å². The lowest BCUT2D eigenvalue weighted by atomic mass is 9.86. The van der Waals surface area contributed by atoms with E-state index in [9.17, 15) is 18.3 Å². The zero-order chi connectivity index (χ0) is 11.8. The summed E-state index contributed by atoms with van der Waals surface area (Å²) in [6.45, 7) is 0. The minimum atomic E-state index is -4.60. The van der Waals surface area contributed by atoms with E-state index >= 15 is 0 Å². The summed E-state index contributed by atoms with van der Waals surface area (Å²) in [4.78, 5) is 3.29. The van der Waals surface area contributed by atoms with Crippen LogP contribution < -0.4 is 0 Å². The first-order valence-electron chi connectivity index (χ1n) is 5.07. The van der Waals surface area contributed by atoms with Gasteiger partial charge in [-0.2, -0.15) is 18.2 Å². The van der Waals surface area contributed by atoms with Gasteiger partial charge in [0.1, 0.15) is 0 Å². The highest BCUT2D eigenvalue weighted by Gasteiger charge is 2.39. The molecular formula is C9H11F3N2O2. The van der Waals surface area contributed by atoms with Gasteiger partial charge >= 0.3 is 6.18 Å². The maximum Gasteiger partial charge on any atom is 0.455 e. The van der Waals surface area contributed by atoms with Gasteiger partial charge in [0.2, 0.25) is 5.89 Å². The molecule has 16 heavy (non-hydrogen) atoms. The topological polar surface area (TPSA) is 59.2 Å². The van der Waals surface area contributed by atoms with Crippen LogP contribution in [0.15, 0.2) is 4.52 Å². The van der Waals surface area contributed by atoms with Gasteiger partial charge in [-0.1, -0.05) is 18.0 Å². The van der Waals surface area contributed by atoms with Gasteiger partial charge in [-0.25, -0.2) is 0 Å². The summed E-state index contributed by atoms with van der Waals surface area (Å²) in [7, 11) is 0. The largest absolute Gasteiger partial charge is 0.455 e. The van der Waals surface area contributed by atoms with Gasteiger partial charge in [0.25, 0.3) is 5.82 Å². The number of hydrogen-bond donors (Lipinski definition) is 1. The summed E-state index contributed by atoms with van der Waals surface area (Å²) in [5.41, 5.74) is 0. The number of rotatable bonds is 1. The van der Waals surface area contributed by atoms with Crippen LogP contribution in [-0.4, -0.2) is 21.4 Å². The summed E-state index contributed by atoms with van der Waals surface area (Å²) in [6, 6.07) is 0. The number of halogens is 3. The van der Waals surface area contributed by atoms with Gasteiger partial charge in [-0.05, 0) is 12.8 Å². The minimum absolute atomic E-state index is 0.112. The molecule has 0 bridgehead atoms. The maximum absolute atomic E-state index is 12.2. The quantitative estimate of drug-likeness (QED) is 0.811. The first kappa shape index (κ1) is 11.4. The monoisotopic (exact) mass is 236 g/mol. The summed E-state index contributed by atoms with van der Waals surface area (Å²) >= 11 is 0. The molecule has 7 heteroatoms. The van der Waals surface area contributed by atoms with Crippen molar-refractivity contribution in [1.82, 2.24) is 10.1 Å². The van der Waals surface area contributed by atoms with Crippen molar-refractivity contribution >= 4 is 0 Å². The molecular weight excluding hydrogens is 225 g/mol. The smallest absolute Gasteiger partial charge is 0.392 e.